The van der Waals surface area contributed by atoms with Gasteiger partial charge in [-0.3, -0.25) is 0 Å². The average Bonchev–Trinajstić information content (AvgIpc) is 3.47. The van der Waals surface area contributed by atoms with Crippen molar-refractivity contribution < 1.29 is 22.8 Å². The Labute approximate surface area is 294 Å². The number of nitrogens with zero attached hydrogens (tertiary/aromatic N) is 2. The van der Waals surface area contributed by atoms with E-state index in [4.69, 9.17) is 2.74 Å². The second-order valence-electron chi connectivity index (χ2n) is 12.5. The van der Waals surface area contributed by atoms with Crippen LogP contribution in [-0.4, -0.2) is 18.0 Å². The zero-order valence-corrected chi connectivity index (χ0v) is 31.0. The molecule has 0 saturated heterocycles. The van der Waals surface area contributed by atoms with Crippen molar-refractivity contribution in [2.24, 2.45) is 5.92 Å². The molecule has 0 saturated carbocycles. The van der Waals surface area contributed by atoms with Gasteiger partial charge in [0.25, 0.3) is 0 Å². The summed E-state index contributed by atoms with van der Waals surface area (Å²) >= 11 is 1.75. The summed E-state index contributed by atoms with van der Waals surface area (Å²) in [6, 6.07) is 43.6. The third-order valence-corrected chi connectivity index (χ3v) is 10.8. The molecule has 1 radical (unpaired) electrons. The van der Waals surface area contributed by atoms with Crippen LogP contribution in [0.2, 0.25) is 19.6 Å². The summed E-state index contributed by atoms with van der Waals surface area (Å²) in [6.45, 7) is 10.8. The predicted octanol–water partition coefficient (Wildman–Crippen LogP) is 10.9. The zero-order valence-electron chi connectivity index (χ0n) is 28.8. The van der Waals surface area contributed by atoms with Crippen LogP contribution in [0.3, 0.4) is 0 Å². The van der Waals surface area contributed by atoms with Gasteiger partial charge >= 0.3 is 0 Å². The summed E-state index contributed by atoms with van der Waals surface area (Å²) in [5, 5.41) is 3.81. The summed E-state index contributed by atoms with van der Waals surface area (Å²) in [6.07, 6.45) is 2.32. The fourth-order valence-corrected chi connectivity index (χ4v) is 7.56. The average molecular weight is 813 g/mol. The van der Waals surface area contributed by atoms with Crippen LogP contribution in [-0.2, 0) is 26.5 Å². The molecule has 0 unspecified atom stereocenters. The molecule has 0 aliphatic heterocycles. The van der Waals surface area contributed by atoms with Crippen LogP contribution in [0, 0.1) is 18.1 Å². The van der Waals surface area contributed by atoms with Gasteiger partial charge in [0.2, 0.25) is 0 Å². The molecule has 233 valence electrons. The number of pyridine rings is 2. The molecule has 3 heterocycles. The van der Waals surface area contributed by atoms with Crippen LogP contribution in [0.4, 0.5) is 0 Å². The maximum atomic E-state index is 8.47. The van der Waals surface area contributed by atoms with E-state index in [1.165, 1.54) is 31.8 Å². The molecule has 2 nitrogen and oxygen atoms in total. The van der Waals surface area contributed by atoms with Gasteiger partial charge in [0.15, 0.2) is 0 Å². The maximum absolute atomic E-state index is 8.47. The third-order valence-electron chi connectivity index (χ3n) is 7.63. The summed E-state index contributed by atoms with van der Waals surface area (Å²) in [5.74, 6) is -0.122. The first-order valence-electron chi connectivity index (χ1n) is 16.4. The number of hydrogen-bond acceptors (Lipinski definition) is 3. The molecule has 7 rings (SSSR count). The van der Waals surface area contributed by atoms with Gasteiger partial charge in [0, 0.05) is 39.9 Å². The molecular weight excluding hydrogens is 773 g/mol. The Morgan fingerprint density at radius 1 is 0.761 bits per heavy atom. The largest absolute Gasteiger partial charge is 0.305 e. The summed E-state index contributed by atoms with van der Waals surface area (Å²) in [4.78, 5) is 9.10. The van der Waals surface area contributed by atoms with Crippen molar-refractivity contribution in [3.05, 3.63) is 139 Å². The van der Waals surface area contributed by atoms with Crippen molar-refractivity contribution in [3.8, 4) is 33.6 Å². The van der Waals surface area contributed by atoms with E-state index in [9.17, 15) is 0 Å². The van der Waals surface area contributed by atoms with Gasteiger partial charge in [-0.1, -0.05) is 105 Å². The van der Waals surface area contributed by atoms with Crippen molar-refractivity contribution in [1.82, 2.24) is 9.97 Å². The van der Waals surface area contributed by atoms with Crippen LogP contribution in [0.15, 0.2) is 122 Å². The number of thiophene rings is 1. The molecule has 0 spiro atoms. The molecule has 3 aromatic heterocycles. The summed E-state index contributed by atoms with van der Waals surface area (Å²) in [5.41, 5.74) is 6.83. The van der Waals surface area contributed by atoms with Crippen LogP contribution < -0.4 is 5.19 Å². The Kier molecular flexibility index (Phi) is 9.93. The molecule has 46 heavy (non-hydrogen) atoms. The molecule has 0 amide bonds. The van der Waals surface area contributed by atoms with Crippen molar-refractivity contribution in [2.45, 2.75) is 39.9 Å². The first-order valence-corrected chi connectivity index (χ1v) is 19.7. The number of hydrogen-bond donors (Lipinski definition) is 0. The SMILES string of the molecule is C[Si](C)(C)c1ccc(-c2[c-]cccc2)nc1.[2H]C([2H])(c1ccnc(-c2[c-]ccc3c2sc2cc(-c4ccccc4)ccc23)c1)C(C)C.[Ir]. The first-order chi connectivity index (χ1) is 22.5. The fourth-order valence-electron chi connectivity index (χ4n) is 5.28. The van der Waals surface area contributed by atoms with E-state index in [0.29, 0.717) is 5.56 Å². The second-order valence-corrected chi connectivity index (χ2v) is 18.6. The molecule has 5 heteroatoms. The van der Waals surface area contributed by atoms with Crippen molar-refractivity contribution >= 4 is 44.8 Å². The molecule has 4 aromatic carbocycles. The van der Waals surface area contributed by atoms with Crippen LogP contribution in [0.1, 0.15) is 22.2 Å². The molecule has 0 aliphatic carbocycles. The van der Waals surface area contributed by atoms with Gasteiger partial charge in [-0.2, -0.15) is 11.3 Å². The molecule has 0 atom stereocenters. The minimum absolute atomic E-state index is 0. The van der Waals surface area contributed by atoms with Gasteiger partial charge in [-0.25, -0.2) is 0 Å². The molecular formula is C41H38IrN2SSi-2. The Morgan fingerprint density at radius 2 is 1.57 bits per heavy atom. The summed E-state index contributed by atoms with van der Waals surface area (Å²) < 4.78 is 19.3. The Hall–Kier alpha value is -3.73. The number of fused-ring (bicyclic) bond motifs is 3. The molecule has 0 N–H and O–H groups in total. The summed E-state index contributed by atoms with van der Waals surface area (Å²) in [7, 11) is -1.23. The minimum atomic E-state index is -1.41. The second kappa shape index (κ2) is 14.8. The normalized spacial score (nSPS) is 12.2. The third kappa shape index (κ3) is 7.79. The van der Waals surface area contributed by atoms with E-state index in [2.05, 4.69) is 102 Å². The van der Waals surface area contributed by atoms with Gasteiger partial charge in [0.05, 0.1) is 8.07 Å². The van der Waals surface area contributed by atoms with E-state index in [1.54, 1.807) is 23.6 Å². The van der Waals surface area contributed by atoms with Crippen LogP contribution in [0.25, 0.3) is 53.8 Å². The maximum Gasteiger partial charge on any atom is 0.0795 e. The van der Waals surface area contributed by atoms with E-state index in [1.807, 2.05) is 62.5 Å². The Bertz CT molecular complexity index is 2120. The van der Waals surface area contributed by atoms with Gasteiger partial charge < -0.3 is 9.97 Å². The monoisotopic (exact) mass is 813 g/mol. The number of aromatic nitrogens is 2. The molecule has 7 aromatic rings. The van der Waals surface area contributed by atoms with Crippen LogP contribution in [0.5, 0.6) is 0 Å². The van der Waals surface area contributed by atoms with Gasteiger partial charge in [0.1, 0.15) is 0 Å². The minimum Gasteiger partial charge on any atom is -0.305 e. The van der Waals surface area contributed by atoms with Crippen LogP contribution >= 0.6 is 11.3 Å². The fraction of sp³-hybridized carbons (Fsp3) is 0.171. The standard InChI is InChI=1S/C27H22NS.C14H16NSi.Ir/c1-18(2)15-19-13-14-28-25(16-19)24-10-6-9-23-22-12-11-21(17-26(22)29-27(23)24)20-7-4-3-5-8-20;1-16(2,3)13-9-10-14(15-11-13)12-7-5-4-6-8-12;/h3-9,11-14,16-18H,15H2,1-2H3;4-7,9-11H,1-3H3;/q2*-1;/i15D2;;. The van der Waals surface area contributed by atoms with Gasteiger partial charge in [-0.15, -0.1) is 59.7 Å². The van der Waals surface area contributed by atoms with Crippen molar-refractivity contribution in [1.29, 1.82) is 0 Å². The zero-order chi connectivity index (χ0) is 33.2. The van der Waals surface area contributed by atoms with E-state index < -0.39 is 14.4 Å². The molecule has 0 aliphatic rings. The van der Waals surface area contributed by atoms with Crippen molar-refractivity contribution in [2.75, 3.05) is 0 Å². The van der Waals surface area contributed by atoms with Crippen molar-refractivity contribution in [3.63, 3.8) is 0 Å². The van der Waals surface area contributed by atoms with E-state index >= 15 is 0 Å². The Balaban J connectivity index is 0.000000224. The smallest absolute Gasteiger partial charge is 0.0795 e. The molecule has 0 bridgehead atoms. The molecule has 0 fully saturated rings. The predicted molar refractivity (Wildman–Crippen MR) is 197 cm³/mol. The van der Waals surface area contributed by atoms with Gasteiger partial charge in [-0.05, 0) is 62.2 Å². The quantitative estimate of drug-likeness (QED) is 0.123. The number of benzene rings is 4. The Morgan fingerprint density at radius 3 is 2.26 bits per heavy atom. The van der Waals surface area contributed by atoms with E-state index in [0.717, 1.165) is 27.2 Å². The first kappa shape index (κ1) is 30.9. The number of rotatable bonds is 6. The van der Waals surface area contributed by atoms with E-state index in [-0.39, 0.29) is 26.0 Å². The topological polar surface area (TPSA) is 25.8 Å².